The summed E-state index contributed by atoms with van der Waals surface area (Å²) in [4.78, 5) is 21.7. The number of hydrogen-bond donors (Lipinski definition) is 0. The van der Waals surface area contributed by atoms with Crippen LogP contribution >= 0.6 is 0 Å². The number of rotatable bonds is 4. The maximum absolute atomic E-state index is 12.7. The summed E-state index contributed by atoms with van der Waals surface area (Å²) in [6.45, 7) is 4.80. The van der Waals surface area contributed by atoms with E-state index >= 15 is 0 Å². The Labute approximate surface area is 170 Å². The zero-order valence-corrected chi connectivity index (χ0v) is 17.0. The molecule has 8 nitrogen and oxygen atoms in total. The molecule has 5 heterocycles. The standard InChI is InChI=1S/C21H28N6O2/c1-25-13-8-22-19(25)17-4-5-18(24-23-17)27-11-6-21(7-12-27)14-16(29-20(21)28)15-26-9-2-3-10-26/h4-5,8,13,16H,2-3,6-7,9-12,14-15H2,1H3. The first-order valence-electron chi connectivity index (χ1n) is 10.6. The van der Waals surface area contributed by atoms with Gasteiger partial charge in [-0.05, 0) is 50.9 Å². The summed E-state index contributed by atoms with van der Waals surface area (Å²) in [7, 11) is 1.94. The lowest BCUT2D eigenvalue weighted by molar-refractivity contribution is -0.150. The summed E-state index contributed by atoms with van der Waals surface area (Å²) >= 11 is 0. The van der Waals surface area contributed by atoms with Gasteiger partial charge >= 0.3 is 5.97 Å². The summed E-state index contributed by atoms with van der Waals surface area (Å²) in [6, 6.07) is 3.96. The van der Waals surface area contributed by atoms with Crippen LogP contribution in [0.15, 0.2) is 24.5 Å². The monoisotopic (exact) mass is 396 g/mol. The van der Waals surface area contributed by atoms with Crippen molar-refractivity contribution in [2.24, 2.45) is 12.5 Å². The Hall–Kier alpha value is -2.48. The topological polar surface area (TPSA) is 76.4 Å². The van der Waals surface area contributed by atoms with Gasteiger partial charge in [0.1, 0.15) is 11.8 Å². The molecule has 3 aliphatic rings. The number of aromatic nitrogens is 4. The molecule has 29 heavy (non-hydrogen) atoms. The van der Waals surface area contributed by atoms with Crippen LogP contribution < -0.4 is 4.90 Å². The van der Waals surface area contributed by atoms with E-state index in [1.54, 1.807) is 6.20 Å². The zero-order chi connectivity index (χ0) is 19.8. The molecular weight excluding hydrogens is 368 g/mol. The number of carbonyl (C=O) groups excluding carboxylic acids is 1. The van der Waals surface area contributed by atoms with Gasteiger partial charge in [-0.1, -0.05) is 0 Å². The average molecular weight is 396 g/mol. The number of hydrogen-bond acceptors (Lipinski definition) is 7. The lowest BCUT2D eigenvalue weighted by atomic mass is 9.76. The quantitative estimate of drug-likeness (QED) is 0.730. The van der Waals surface area contributed by atoms with E-state index in [0.29, 0.717) is 0 Å². The van der Waals surface area contributed by atoms with Crippen molar-refractivity contribution in [1.82, 2.24) is 24.6 Å². The van der Waals surface area contributed by atoms with Crippen molar-refractivity contribution in [3.8, 4) is 11.5 Å². The second-order valence-corrected chi connectivity index (χ2v) is 8.65. The largest absolute Gasteiger partial charge is 0.461 e. The molecule has 2 aromatic heterocycles. The number of imidazole rings is 1. The van der Waals surface area contributed by atoms with Crippen LogP contribution in [0.5, 0.6) is 0 Å². The Morgan fingerprint density at radius 3 is 2.59 bits per heavy atom. The lowest BCUT2D eigenvalue weighted by Crippen LogP contribution is -2.43. The second kappa shape index (κ2) is 7.40. The van der Waals surface area contributed by atoms with Crippen molar-refractivity contribution in [3.05, 3.63) is 24.5 Å². The van der Waals surface area contributed by atoms with E-state index < -0.39 is 0 Å². The molecular formula is C21H28N6O2. The molecule has 3 aliphatic heterocycles. The summed E-state index contributed by atoms with van der Waals surface area (Å²) in [6.07, 6.45) is 8.75. The first-order valence-corrected chi connectivity index (χ1v) is 10.6. The Kier molecular flexibility index (Phi) is 4.73. The molecule has 0 amide bonds. The summed E-state index contributed by atoms with van der Waals surface area (Å²) < 4.78 is 7.72. The van der Waals surface area contributed by atoms with E-state index in [4.69, 9.17) is 4.74 Å². The van der Waals surface area contributed by atoms with Crippen molar-refractivity contribution < 1.29 is 9.53 Å². The molecule has 0 aromatic carbocycles. The third-order valence-corrected chi connectivity index (χ3v) is 6.73. The maximum Gasteiger partial charge on any atom is 0.312 e. The summed E-state index contributed by atoms with van der Waals surface area (Å²) in [5, 5.41) is 8.78. The average Bonchev–Trinajstić information content (AvgIpc) is 3.46. The molecule has 0 radical (unpaired) electrons. The van der Waals surface area contributed by atoms with Crippen LogP contribution in [-0.4, -0.2) is 69.4 Å². The van der Waals surface area contributed by atoms with Crippen LogP contribution in [0.4, 0.5) is 5.82 Å². The van der Waals surface area contributed by atoms with Gasteiger partial charge in [-0.2, -0.15) is 0 Å². The second-order valence-electron chi connectivity index (χ2n) is 8.65. The minimum Gasteiger partial charge on any atom is -0.461 e. The number of piperidine rings is 1. The highest BCUT2D eigenvalue weighted by atomic mass is 16.6. The first-order chi connectivity index (χ1) is 14.1. The molecule has 0 saturated carbocycles. The molecule has 0 bridgehead atoms. The molecule has 1 spiro atoms. The van der Waals surface area contributed by atoms with Gasteiger partial charge in [0, 0.05) is 45.5 Å². The van der Waals surface area contributed by atoms with Gasteiger partial charge in [-0.15, -0.1) is 10.2 Å². The van der Waals surface area contributed by atoms with Crippen LogP contribution in [-0.2, 0) is 16.6 Å². The Morgan fingerprint density at radius 1 is 1.14 bits per heavy atom. The minimum atomic E-state index is -0.304. The van der Waals surface area contributed by atoms with Gasteiger partial charge in [-0.25, -0.2) is 4.98 Å². The van der Waals surface area contributed by atoms with E-state index in [2.05, 4.69) is 25.0 Å². The van der Waals surface area contributed by atoms with Gasteiger partial charge < -0.3 is 14.2 Å². The van der Waals surface area contributed by atoms with Crippen LogP contribution in [0.25, 0.3) is 11.5 Å². The van der Waals surface area contributed by atoms with Crippen LogP contribution in [0.2, 0.25) is 0 Å². The van der Waals surface area contributed by atoms with Crippen molar-refractivity contribution in [2.45, 2.75) is 38.2 Å². The number of anilines is 1. The van der Waals surface area contributed by atoms with Crippen molar-refractivity contribution in [3.63, 3.8) is 0 Å². The molecule has 8 heteroatoms. The number of likely N-dealkylation sites (tertiary alicyclic amines) is 1. The minimum absolute atomic E-state index is 0.0116. The van der Waals surface area contributed by atoms with E-state index in [1.165, 1.54) is 12.8 Å². The highest BCUT2D eigenvalue weighted by Gasteiger charge is 2.50. The first kappa shape index (κ1) is 18.5. The predicted molar refractivity (Wildman–Crippen MR) is 108 cm³/mol. The fourth-order valence-electron chi connectivity index (χ4n) is 4.99. The SMILES string of the molecule is Cn1ccnc1-c1ccc(N2CCC3(CC2)CC(CN2CCCC2)OC3=O)nn1. The van der Waals surface area contributed by atoms with Crippen LogP contribution in [0.3, 0.4) is 0 Å². The van der Waals surface area contributed by atoms with E-state index in [-0.39, 0.29) is 17.5 Å². The van der Waals surface area contributed by atoms with E-state index in [1.807, 2.05) is 29.9 Å². The summed E-state index contributed by atoms with van der Waals surface area (Å²) in [5.74, 6) is 1.68. The molecule has 0 N–H and O–H groups in total. The predicted octanol–water partition coefficient (Wildman–Crippen LogP) is 1.87. The number of ether oxygens (including phenoxy) is 1. The molecule has 1 unspecified atom stereocenters. The Morgan fingerprint density at radius 2 is 1.93 bits per heavy atom. The Balaban J connectivity index is 1.21. The molecule has 2 aromatic rings. The third-order valence-electron chi connectivity index (χ3n) is 6.73. The molecule has 3 fully saturated rings. The normalized spacial score (nSPS) is 24.4. The third kappa shape index (κ3) is 3.50. The molecule has 3 saturated heterocycles. The molecule has 1 atom stereocenters. The van der Waals surface area contributed by atoms with Crippen molar-refractivity contribution in [2.75, 3.05) is 37.6 Å². The molecule has 0 aliphatic carbocycles. The highest BCUT2D eigenvalue weighted by molar-refractivity contribution is 5.79. The zero-order valence-electron chi connectivity index (χ0n) is 17.0. The number of aryl methyl sites for hydroxylation is 1. The smallest absolute Gasteiger partial charge is 0.312 e. The maximum atomic E-state index is 12.7. The fourth-order valence-corrected chi connectivity index (χ4v) is 4.99. The number of esters is 1. The van der Waals surface area contributed by atoms with Gasteiger partial charge in [0.05, 0.1) is 5.41 Å². The lowest BCUT2D eigenvalue weighted by Gasteiger charge is -2.37. The number of carbonyl (C=O) groups is 1. The summed E-state index contributed by atoms with van der Waals surface area (Å²) in [5.41, 5.74) is 0.458. The fraction of sp³-hybridized carbons (Fsp3) is 0.619. The van der Waals surface area contributed by atoms with E-state index in [9.17, 15) is 4.79 Å². The van der Waals surface area contributed by atoms with Crippen LogP contribution in [0.1, 0.15) is 32.1 Å². The van der Waals surface area contributed by atoms with Gasteiger partial charge in [0.2, 0.25) is 0 Å². The van der Waals surface area contributed by atoms with Gasteiger partial charge in [0.15, 0.2) is 11.6 Å². The molecule has 5 rings (SSSR count). The number of nitrogens with zero attached hydrogens (tertiary/aromatic N) is 6. The van der Waals surface area contributed by atoms with Gasteiger partial charge in [0.25, 0.3) is 0 Å². The van der Waals surface area contributed by atoms with Crippen LogP contribution in [0, 0.1) is 5.41 Å². The van der Waals surface area contributed by atoms with E-state index in [0.717, 1.165) is 69.3 Å². The van der Waals surface area contributed by atoms with Crippen molar-refractivity contribution in [1.29, 1.82) is 0 Å². The number of cyclic esters (lactones) is 1. The van der Waals surface area contributed by atoms with Crippen molar-refractivity contribution >= 4 is 11.8 Å². The highest BCUT2D eigenvalue weighted by Crippen LogP contribution is 2.44. The van der Waals surface area contributed by atoms with Gasteiger partial charge in [-0.3, -0.25) is 9.69 Å². The Bertz CT molecular complexity index is 866. The molecule has 154 valence electrons.